The predicted molar refractivity (Wildman–Crippen MR) is 240 cm³/mol. The molecule has 0 spiro atoms. The van der Waals surface area contributed by atoms with Gasteiger partial charge in [-0.05, 0) is 117 Å². The van der Waals surface area contributed by atoms with E-state index in [4.69, 9.17) is 4.42 Å². The van der Waals surface area contributed by atoms with Crippen LogP contribution in [0.25, 0.3) is 131 Å². The normalized spacial score (nSPS) is 12.6. The van der Waals surface area contributed by atoms with Gasteiger partial charge in [-0.1, -0.05) is 109 Å². The number of hydrogen-bond acceptors (Lipinski definition) is 1. The summed E-state index contributed by atoms with van der Waals surface area (Å²) < 4.78 is 11.2. The van der Waals surface area contributed by atoms with E-state index in [1.54, 1.807) is 0 Å². The van der Waals surface area contributed by atoms with Crippen molar-refractivity contribution in [2.24, 2.45) is 0 Å². The van der Waals surface area contributed by atoms with Crippen molar-refractivity contribution in [2.75, 3.05) is 0 Å². The second-order valence-corrected chi connectivity index (χ2v) is 15.6. The summed E-state index contributed by atoms with van der Waals surface area (Å²) in [5, 5.41) is 15.1. The minimum absolute atomic E-state index is 0.945. The van der Waals surface area contributed by atoms with Crippen LogP contribution in [-0.2, 0) is 0 Å². The quantitative estimate of drug-likeness (QED) is 0.167. The molecule has 3 nitrogen and oxygen atoms in total. The second-order valence-electron chi connectivity index (χ2n) is 15.6. The van der Waals surface area contributed by atoms with Crippen molar-refractivity contribution >= 4 is 103 Å². The predicted octanol–water partition coefficient (Wildman–Crippen LogP) is 14.9. The number of benzene rings is 10. The topological polar surface area (TPSA) is 22.5 Å². The molecule has 0 saturated heterocycles. The van der Waals surface area contributed by atoms with E-state index in [1.165, 1.54) is 114 Å². The van der Waals surface area contributed by atoms with Crippen molar-refractivity contribution in [3.63, 3.8) is 0 Å². The molecule has 0 atom stereocenters. The maximum atomic E-state index is 6.33. The number of para-hydroxylation sites is 3. The first-order valence-corrected chi connectivity index (χ1v) is 19.7. The van der Waals surface area contributed by atoms with Crippen molar-refractivity contribution in [3.05, 3.63) is 182 Å². The van der Waals surface area contributed by atoms with Crippen molar-refractivity contribution in [1.82, 2.24) is 8.97 Å². The molecule has 57 heavy (non-hydrogen) atoms. The number of furan rings is 1. The molecule has 0 aliphatic carbocycles. The SMILES string of the molecule is c1ccc(-n2c3ccc(-c4ccc5c(c4)c4cccc6oc7cccc5c7c64)cc3c3cc(-c4ccc5c(c4)c4cccc6c7ccccc7n5c64)ccc32)cc1. The van der Waals surface area contributed by atoms with Crippen LogP contribution in [-0.4, -0.2) is 8.97 Å². The Balaban J connectivity index is 0.990. The van der Waals surface area contributed by atoms with Gasteiger partial charge in [0.1, 0.15) is 11.2 Å². The third-order valence-corrected chi connectivity index (χ3v) is 12.8. The molecule has 0 amide bonds. The van der Waals surface area contributed by atoms with Crippen molar-refractivity contribution in [1.29, 1.82) is 0 Å². The fraction of sp³-hybridized carbons (Fsp3) is 0. The molecular formula is C54H30N2O. The molecule has 0 bridgehead atoms. The monoisotopic (exact) mass is 722 g/mol. The lowest BCUT2D eigenvalue weighted by Gasteiger charge is -2.11. The van der Waals surface area contributed by atoms with Gasteiger partial charge in [-0.3, -0.25) is 0 Å². The van der Waals surface area contributed by atoms with Gasteiger partial charge in [-0.15, -0.1) is 0 Å². The van der Waals surface area contributed by atoms with E-state index in [1.807, 2.05) is 0 Å². The lowest BCUT2D eigenvalue weighted by atomic mass is 9.92. The Morgan fingerprint density at radius 2 is 0.772 bits per heavy atom. The highest BCUT2D eigenvalue weighted by atomic mass is 16.3. The van der Waals surface area contributed by atoms with Gasteiger partial charge in [0.15, 0.2) is 0 Å². The van der Waals surface area contributed by atoms with Gasteiger partial charge in [0.2, 0.25) is 0 Å². The lowest BCUT2D eigenvalue weighted by Crippen LogP contribution is -1.93. The Bertz CT molecular complexity index is 3970. The van der Waals surface area contributed by atoms with E-state index in [-0.39, 0.29) is 0 Å². The molecule has 4 heterocycles. The zero-order valence-corrected chi connectivity index (χ0v) is 30.6. The first kappa shape index (κ1) is 29.7. The van der Waals surface area contributed by atoms with Gasteiger partial charge < -0.3 is 13.4 Å². The number of rotatable bonds is 3. The lowest BCUT2D eigenvalue weighted by molar-refractivity contribution is 0.669. The zero-order chi connectivity index (χ0) is 36.9. The van der Waals surface area contributed by atoms with E-state index in [0.717, 1.165) is 16.9 Å². The van der Waals surface area contributed by atoms with E-state index in [9.17, 15) is 0 Å². The van der Waals surface area contributed by atoms with Gasteiger partial charge >= 0.3 is 0 Å². The fourth-order valence-corrected chi connectivity index (χ4v) is 10.3. The van der Waals surface area contributed by atoms with Crippen LogP contribution < -0.4 is 0 Å². The molecule has 4 aromatic heterocycles. The van der Waals surface area contributed by atoms with Gasteiger partial charge in [0, 0.05) is 48.8 Å². The molecule has 0 aliphatic heterocycles. The Kier molecular flexibility index (Phi) is 5.51. The fourth-order valence-electron chi connectivity index (χ4n) is 10.3. The highest BCUT2D eigenvalue weighted by molar-refractivity contribution is 6.33. The van der Waals surface area contributed by atoms with Crippen LogP contribution in [0.3, 0.4) is 0 Å². The number of fused-ring (bicyclic) bond motifs is 12. The molecule has 0 unspecified atom stereocenters. The maximum Gasteiger partial charge on any atom is 0.136 e. The van der Waals surface area contributed by atoms with Crippen LogP contribution in [0.5, 0.6) is 0 Å². The highest BCUT2D eigenvalue weighted by Crippen LogP contribution is 2.45. The number of aromatic nitrogens is 2. The van der Waals surface area contributed by atoms with Crippen LogP contribution >= 0.6 is 0 Å². The molecule has 10 aromatic carbocycles. The first-order valence-electron chi connectivity index (χ1n) is 19.7. The molecule has 0 fully saturated rings. The summed E-state index contributed by atoms with van der Waals surface area (Å²) in [7, 11) is 0. The summed E-state index contributed by atoms with van der Waals surface area (Å²) in [6.07, 6.45) is 0. The first-order chi connectivity index (χ1) is 28.3. The molecule has 0 aliphatic rings. The summed E-state index contributed by atoms with van der Waals surface area (Å²) in [5.74, 6) is 0. The van der Waals surface area contributed by atoms with Gasteiger partial charge in [0.05, 0.1) is 27.6 Å². The summed E-state index contributed by atoms with van der Waals surface area (Å²) >= 11 is 0. The molecule has 14 aromatic rings. The molecule has 262 valence electrons. The van der Waals surface area contributed by atoms with Crippen LogP contribution in [0, 0.1) is 0 Å². The Hall–Kier alpha value is -7.62. The maximum absolute atomic E-state index is 6.33. The summed E-state index contributed by atoms with van der Waals surface area (Å²) in [5.41, 5.74) is 14.1. The summed E-state index contributed by atoms with van der Waals surface area (Å²) in [6.45, 7) is 0. The number of nitrogens with zero attached hydrogens (tertiary/aromatic N) is 2. The molecular weight excluding hydrogens is 693 g/mol. The van der Waals surface area contributed by atoms with Crippen LogP contribution in [0.2, 0.25) is 0 Å². The Labute approximate surface area is 325 Å². The van der Waals surface area contributed by atoms with Gasteiger partial charge in [0.25, 0.3) is 0 Å². The third kappa shape index (κ3) is 3.81. The van der Waals surface area contributed by atoms with Gasteiger partial charge in [-0.2, -0.15) is 0 Å². The van der Waals surface area contributed by atoms with E-state index < -0.39 is 0 Å². The smallest absolute Gasteiger partial charge is 0.136 e. The average molecular weight is 723 g/mol. The van der Waals surface area contributed by atoms with Crippen LogP contribution in [0.1, 0.15) is 0 Å². The van der Waals surface area contributed by atoms with Crippen molar-refractivity contribution in [2.45, 2.75) is 0 Å². The Morgan fingerprint density at radius 1 is 0.298 bits per heavy atom. The minimum Gasteiger partial charge on any atom is -0.456 e. The molecule has 0 saturated carbocycles. The average Bonchev–Trinajstić information content (AvgIpc) is 4.02. The summed E-state index contributed by atoms with van der Waals surface area (Å²) in [6, 6.07) is 67.1. The zero-order valence-electron chi connectivity index (χ0n) is 30.6. The van der Waals surface area contributed by atoms with E-state index in [0.29, 0.717) is 0 Å². The molecule has 0 N–H and O–H groups in total. The van der Waals surface area contributed by atoms with E-state index in [2.05, 4.69) is 191 Å². The van der Waals surface area contributed by atoms with Crippen LogP contribution in [0.15, 0.2) is 186 Å². The number of hydrogen-bond donors (Lipinski definition) is 0. The largest absolute Gasteiger partial charge is 0.456 e. The van der Waals surface area contributed by atoms with Gasteiger partial charge in [-0.25, -0.2) is 0 Å². The van der Waals surface area contributed by atoms with Crippen molar-refractivity contribution in [3.8, 4) is 27.9 Å². The minimum atomic E-state index is 0.945. The molecule has 3 heteroatoms. The summed E-state index contributed by atoms with van der Waals surface area (Å²) in [4.78, 5) is 0. The second kappa shape index (κ2) is 10.6. The van der Waals surface area contributed by atoms with E-state index >= 15 is 0 Å². The third-order valence-electron chi connectivity index (χ3n) is 12.8. The molecule has 14 rings (SSSR count). The van der Waals surface area contributed by atoms with Crippen LogP contribution in [0.4, 0.5) is 0 Å². The standard InChI is InChI=1S/C54H30N2O/c1-2-9-35(10-3-1)55-47-24-20-33(31-19-23-36-38-12-7-17-50-52(38)53-39(42(36)27-31)13-8-18-51(53)57-50)29-44(47)45-30-34(21-25-48(45)55)32-22-26-49-43(28-32)41-15-6-14-40-37-11-4-5-16-46(37)56(49)54(40)41/h1-30H. The van der Waals surface area contributed by atoms with Crippen molar-refractivity contribution < 1.29 is 4.42 Å². The molecule has 0 radical (unpaired) electrons. The highest BCUT2D eigenvalue weighted by Gasteiger charge is 2.20. The Morgan fingerprint density at radius 3 is 1.46 bits per heavy atom.